The molecule has 1 unspecified atom stereocenters. The molecule has 1 saturated carbocycles. The highest BCUT2D eigenvalue weighted by molar-refractivity contribution is 5.89. The number of hydrogen-bond acceptors (Lipinski definition) is 3. The van der Waals surface area contributed by atoms with Crippen molar-refractivity contribution in [3.8, 4) is 0 Å². The van der Waals surface area contributed by atoms with Crippen LogP contribution in [0.15, 0.2) is 24.3 Å². The zero-order valence-corrected chi connectivity index (χ0v) is 10.9. The summed E-state index contributed by atoms with van der Waals surface area (Å²) in [7, 11) is 1.59. The van der Waals surface area contributed by atoms with Crippen LogP contribution in [0.3, 0.4) is 0 Å². The molecule has 1 amide bonds. The molecule has 0 saturated heterocycles. The molecule has 0 spiro atoms. The van der Waals surface area contributed by atoms with E-state index in [0.29, 0.717) is 6.61 Å². The number of anilines is 1. The van der Waals surface area contributed by atoms with E-state index in [1.54, 1.807) is 7.11 Å². The molecule has 2 rings (SSSR count). The number of benzene rings is 1. The van der Waals surface area contributed by atoms with Crippen LogP contribution in [0.5, 0.6) is 0 Å². The highest BCUT2D eigenvalue weighted by atomic mass is 16.5. The Morgan fingerprint density at radius 3 is 2.50 bits per heavy atom. The summed E-state index contributed by atoms with van der Waals surface area (Å²) >= 11 is 0. The lowest BCUT2D eigenvalue weighted by Gasteiger charge is -2.32. The first-order valence-corrected chi connectivity index (χ1v) is 6.22. The molecule has 0 bridgehead atoms. The second kappa shape index (κ2) is 4.98. The molecule has 1 aliphatic carbocycles. The zero-order chi connectivity index (χ0) is 13.2. The molecule has 98 valence electrons. The van der Waals surface area contributed by atoms with Crippen LogP contribution in [-0.4, -0.2) is 25.2 Å². The molecule has 1 aromatic carbocycles. The molecular formula is C14H20N2O2. The lowest BCUT2D eigenvalue weighted by Crippen LogP contribution is -2.55. The van der Waals surface area contributed by atoms with Crippen LogP contribution in [0.4, 0.5) is 5.69 Å². The quantitative estimate of drug-likeness (QED) is 0.805. The largest absolute Gasteiger partial charge is 0.382 e. The van der Waals surface area contributed by atoms with Crippen molar-refractivity contribution >= 4 is 11.6 Å². The first kappa shape index (κ1) is 12.9. The number of hydrogen-bond donors (Lipinski definition) is 2. The minimum absolute atomic E-state index is 0.274. The number of ether oxygens (including phenoxy) is 1. The third kappa shape index (κ3) is 2.48. The average Bonchev–Trinajstić information content (AvgIpc) is 3.15. The summed E-state index contributed by atoms with van der Waals surface area (Å²) < 4.78 is 5.20. The molecule has 4 nitrogen and oxygen atoms in total. The van der Waals surface area contributed by atoms with E-state index in [2.05, 4.69) is 5.32 Å². The third-order valence-corrected chi connectivity index (χ3v) is 3.50. The first-order chi connectivity index (χ1) is 8.58. The number of aryl methyl sites for hydroxylation is 1. The van der Waals surface area contributed by atoms with E-state index in [1.165, 1.54) is 5.56 Å². The topological polar surface area (TPSA) is 64.3 Å². The van der Waals surface area contributed by atoms with Gasteiger partial charge in [0.25, 0.3) is 0 Å². The third-order valence-electron chi connectivity index (χ3n) is 3.50. The van der Waals surface area contributed by atoms with Gasteiger partial charge in [-0.15, -0.1) is 0 Å². The summed E-state index contributed by atoms with van der Waals surface area (Å²) in [5.74, 6) is -0.0660. The molecule has 1 fully saturated rings. The molecule has 0 radical (unpaired) electrons. The summed E-state index contributed by atoms with van der Waals surface area (Å²) in [5, 5.41) is 3.28. The number of rotatable bonds is 6. The van der Waals surface area contributed by atoms with Gasteiger partial charge in [0.05, 0.1) is 6.61 Å². The van der Waals surface area contributed by atoms with Gasteiger partial charge in [-0.05, 0) is 37.8 Å². The van der Waals surface area contributed by atoms with Crippen LogP contribution in [0.1, 0.15) is 18.4 Å². The van der Waals surface area contributed by atoms with Crippen molar-refractivity contribution in [3.05, 3.63) is 29.8 Å². The Hall–Kier alpha value is -1.55. The van der Waals surface area contributed by atoms with Gasteiger partial charge in [0.15, 0.2) is 0 Å². The van der Waals surface area contributed by atoms with Gasteiger partial charge in [0, 0.05) is 12.8 Å². The number of nitrogens with two attached hydrogens (primary N) is 1. The van der Waals surface area contributed by atoms with E-state index >= 15 is 0 Å². The summed E-state index contributed by atoms with van der Waals surface area (Å²) in [5.41, 5.74) is 6.91. The molecule has 0 heterocycles. The van der Waals surface area contributed by atoms with Crippen molar-refractivity contribution in [2.75, 3.05) is 19.0 Å². The Bertz CT molecular complexity index is 426. The molecule has 3 N–H and O–H groups in total. The van der Waals surface area contributed by atoms with Crippen molar-refractivity contribution in [3.63, 3.8) is 0 Å². The SMILES string of the molecule is COCC(Nc1ccc(C)cc1)(C(N)=O)C1CC1. The van der Waals surface area contributed by atoms with Crippen molar-refractivity contribution in [1.82, 2.24) is 0 Å². The molecule has 4 heteroatoms. The second-order valence-corrected chi connectivity index (χ2v) is 5.03. The molecule has 1 atom stereocenters. The minimum atomic E-state index is -0.774. The number of methoxy groups -OCH3 is 1. The summed E-state index contributed by atoms with van der Waals surface area (Å²) in [6.45, 7) is 2.34. The van der Waals surface area contributed by atoms with Crippen LogP contribution >= 0.6 is 0 Å². The number of carbonyl (C=O) groups excluding carboxylic acids is 1. The van der Waals surface area contributed by atoms with Crippen LogP contribution < -0.4 is 11.1 Å². The van der Waals surface area contributed by atoms with Gasteiger partial charge in [-0.25, -0.2) is 0 Å². The number of amides is 1. The second-order valence-electron chi connectivity index (χ2n) is 5.03. The zero-order valence-electron chi connectivity index (χ0n) is 10.9. The predicted octanol–water partition coefficient (Wildman–Crippen LogP) is 1.69. The maximum Gasteiger partial charge on any atom is 0.245 e. The van der Waals surface area contributed by atoms with E-state index in [9.17, 15) is 4.79 Å². The lowest BCUT2D eigenvalue weighted by atomic mass is 9.92. The van der Waals surface area contributed by atoms with Gasteiger partial charge < -0.3 is 15.8 Å². The highest BCUT2D eigenvalue weighted by Gasteiger charge is 2.50. The van der Waals surface area contributed by atoms with Crippen LogP contribution in [0.25, 0.3) is 0 Å². The number of carbonyl (C=O) groups is 1. The van der Waals surface area contributed by atoms with Crippen LogP contribution in [-0.2, 0) is 9.53 Å². The molecule has 18 heavy (non-hydrogen) atoms. The monoisotopic (exact) mass is 248 g/mol. The lowest BCUT2D eigenvalue weighted by molar-refractivity contribution is -0.124. The Labute approximate surface area is 108 Å². The predicted molar refractivity (Wildman–Crippen MR) is 71.3 cm³/mol. The molecule has 1 aliphatic rings. The Morgan fingerprint density at radius 2 is 2.06 bits per heavy atom. The highest BCUT2D eigenvalue weighted by Crippen LogP contribution is 2.41. The molecule has 0 aromatic heterocycles. The summed E-state index contributed by atoms with van der Waals surface area (Å²) in [6, 6.07) is 7.94. The first-order valence-electron chi connectivity index (χ1n) is 6.22. The van der Waals surface area contributed by atoms with Crippen molar-refractivity contribution in [2.24, 2.45) is 11.7 Å². The minimum Gasteiger partial charge on any atom is -0.382 e. The summed E-state index contributed by atoms with van der Waals surface area (Å²) in [6.07, 6.45) is 2.04. The Kier molecular flexibility index (Phi) is 3.57. The molecule has 0 aliphatic heterocycles. The fourth-order valence-corrected chi connectivity index (χ4v) is 2.29. The maximum absolute atomic E-state index is 11.8. The Balaban J connectivity index is 2.23. The summed E-state index contributed by atoms with van der Waals surface area (Å²) in [4.78, 5) is 11.8. The van der Waals surface area contributed by atoms with Crippen LogP contribution in [0, 0.1) is 12.8 Å². The smallest absolute Gasteiger partial charge is 0.245 e. The van der Waals surface area contributed by atoms with E-state index in [4.69, 9.17) is 10.5 Å². The van der Waals surface area contributed by atoms with Gasteiger partial charge >= 0.3 is 0 Å². The van der Waals surface area contributed by atoms with E-state index < -0.39 is 5.54 Å². The standard InChI is InChI=1S/C14H20N2O2/c1-10-3-7-12(8-4-10)16-14(9-18-2,13(15)17)11-5-6-11/h3-4,7-8,11,16H,5-6,9H2,1-2H3,(H2,15,17). The van der Waals surface area contributed by atoms with Crippen LogP contribution in [0.2, 0.25) is 0 Å². The fraction of sp³-hybridized carbons (Fsp3) is 0.500. The molecule has 1 aromatic rings. The normalized spacial score (nSPS) is 18.1. The van der Waals surface area contributed by atoms with Gasteiger partial charge in [-0.2, -0.15) is 0 Å². The van der Waals surface area contributed by atoms with Crippen molar-refractivity contribution in [2.45, 2.75) is 25.3 Å². The van der Waals surface area contributed by atoms with E-state index in [-0.39, 0.29) is 11.8 Å². The maximum atomic E-state index is 11.8. The van der Waals surface area contributed by atoms with Gasteiger partial charge in [0.2, 0.25) is 5.91 Å². The fourth-order valence-electron chi connectivity index (χ4n) is 2.29. The van der Waals surface area contributed by atoms with E-state index in [0.717, 1.165) is 18.5 Å². The Morgan fingerprint density at radius 1 is 1.44 bits per heavy atom. The van der Waals surface area contributed by atoms with Gasteiger partial charge in [-0.1, -0.05) is 17.7 Å². The van der Waals surface area contributed by atoms with Crippen molar-refractivity contribution in [1.29, 1.82) is 0 Å². The van der Waals surface area contributed by atoms with Gasteiger partial charge in [0.1, 0.15) is 5.54 Å². The molecular weight excluding hydrogens is 228 g/mol. The number of primary amides is 1. The number of nitrogens with one attached hydrogen (secondary N) is 1. The average molecular weight is 248 g/mol. The van der Waals surface area contributed by atoms with E-state index in [1.807, 2.05) is 31.2 Å². The van der Waals surface area contributed by atoms with Gasteiger partial charge in [-0.3, -0.25) is 4.79 Å². The van der Waals surface area contributed by atoms with Crippen molar-refractivity contribution < 1.29 is 9.53 Å².